The highest BCUT2D eigenvalue weighted by Crippen LogP contribution is 2.35. The van der Waals surface area contributed by atoms with E-state index in [-0.39, 0.29) is 17.3 Å². The molecular formula is C22H22F3N7O2S. The average molecular weight is 506 g/mol. The number of imidazole rings is 1. The molecule has 3 heterocycles. The summed E-state index contributed by atoms with van der Waals surface area (Å²) in [5, 5.41) is 11.9. The Labute approximate surface area is 199 Å². The molecule has 0 aliphatic heterocycles. The fourth-order valence-corrected chi connectivity index (χ4v) is 5.80. The molecule has 1 saturated carbocycles. The van der Waals surface area contributed by atoms with Crippen LogP contribution in [0.2, 0.25) is 0 Å². The van der Waals surface area contributed by atoms with Gasteiger partial charge in [0.2, 0.25) is 10.0 Å². The van der Waals surface area contributed by atoms with Crippen molar-refractivity contribution in [2.75, 3.05) is 0 Å². The minimum absolute atomic E-state index is 0.0121. The highest BCUT2D eigenvalue weighted by atomic mass is 32.2. The average Bonchev–Trinajstić information content (AvgIpc) is 3.46. The molecule has 0 spiro atoms. The SMILES string of the molecule is Cc1cn2nc(-c3cc(C(F)(F)F)cc(S(=O)(=O)NC4CCCC(n5cnnc5)C4)c3)ccc2n1. The van der Waals surface area contributed by atoms with Crippen LogP contribution >= 0.6 is 0 Å². The standard InChI is InChI=1S/C22H22F3N7O2S/c1-14-11-32-21(28-14)6-5-20(29-32)15-7-16(22(23,24)25)9-19(8-15)35(33,34)30-17-3-2-4-18(10-17)31-12-26-27-13-31/h5-9,11-13,17-18,30H,2-4,10H2,1H3. The number of aryl methyl sites for hydroxylation is 1. The van der Waals surface area contributed by atoms with Crippen molar-refractivity contribution < 1.29 is 21.6 Å². The van der Waals surface area contributed by atoms with E-state index in [2.05, 4.69) is 25.0 Å². The molecule has 1 N–H and O–H groups in total. The number of benzene rings is 1. The fraction of sp³-hybridized carbons (Fsp3) is 0.364. The molecule has 1 aromatic carbocycles. The van der Waals surface area contributed by atoms with Crippen LogP contribution in [0.5, 0.6) is 0 Å². The normalized spacial score (nSPS) is 19.3. The molecule has 13 heteroatoms. The number of aromatic nitrogens is 6. The molecule has 1 aliphatic rings. The maximum atomic E-state index is 13.7. The van der Waals surface area contributed by atoms with Crippen LogP contribution in [0.3, 0.4) is 0 Å². The van der Waals surface area contributed by atoms with E-state index in [1.807, 2.05) is 4.57 Å². The number of hydrogen-bond acceptors (Lipinski definition) is 6. The molecule has 0 radical (unpaired) electrons. The van der Waals surface area contributed by atoms with E-state index in [4.69, 9.17) is 0 Å². The van der Waals surface area contributed by atoms with Crippen molar-refractivity contribution in [3.8, 4) is 11.3 Å². The Morgan fingerprint density at radius 3 is 2.60 bits per heavy atom. The first kappa shape index (κ1) is 23.4. The van der Waals surface area contributed by atoms with E-state index < -0.39 is 32.7 Å². The van der Waals surface area contributed by atoms with Gasteiger partial charge in [0.05, 0.1) is 28.0 Å². The quantitative estimate of drug-likeness (QED) is 0.443. The maximum absolute atomic E-state index is 13.7. The number of fused-ring (bicyclic) bond motifs is 1. The van der Waals surface area contributed by atoms with E-state index >= 15 is 0 Å². The molecule has 2 atom stereocenters. The number of nitrogens with zero attached hydrogens (tertiary/aromatic N) is 6. The number of alkyl halides is 3. The van der Waals surface area contributed by atoms with Gasteiger partial charge in [-0.1, -0.05) is 0 Å². The van der Waals surface area contributed by atoms with Crippen molar-refractivity contribution in [1.82, 2.24) is 34.1 Å². The largest absolute Gasteiger partial charge is 0.416 e. The lowest BCUT2D eigenvalue weighted by Crippen LogP contribution is -2.38. The zero-order chi connectivity index (χ0) is 24.8. The van der Waals surface area contributed by atoms with Crippen LogP contribution in [0.1, 0.15) is 43.0 Å². The van der Waals surface area contributed by atoms with Gasteiger partial charge in [0.25, 0.3) is 0 Å². The van der Waals surface area contributed by atoms with E-state index in [0.717, 1.165) is 18.9 Å². The Bertz CT molecular complexity index is 1470. The fourth-order valence-electron chi connectivity index (χ4n) is 4.45. The lowest BCUT2D eigenvalue weighted by molar-refractivity contribution is -0.137. The highest BCUT2D eigenvalue weighted by Gasteiger charge is 2.34. The van der Waals surface area contributed by atoms with Gasteiger partial charge in [0.1, 0.15) is 12.7 Å². The van der Waals surface area contributed by atoms with E-state index in [1.165, 1.54) is 16.6 Å². The first-order valence-electron chi connectivity index (χ1n) is 11.0. The highest BCUT2D eigenvalue weighted by molar-refractivity contribution is 7.89. The van der Waals surface area contributed by atoms with Crippen LogP contribution in [-0.4, -0.2) is 43.8 Å². The number of nitrogens with one attached hydrogen (secondary N) is 1. The monoisotopic (exact) mass is 505 g/mol. The molecule has 5 rings (SSSR count). The Balaban J connectivity index is 1.49. The number of sulfonamides is 1. The van der Waals surface area contributed by atoms with Gasteiger partial charge in [-0.2, -0.15) is 18.3 Å². The van der Waals surface area contributed by atoms with Crippen LogP contribution in [0, 0.1) is 6.92 Å². The number of rotatable bonds is 5. The zero-order valence-electron chi connectivity index (χ0n) is 18.6. The predicted molar refractivity (Wildman–Crippen MR) is 120 cm³/mol. The molecule has 35 heavy (non-hydrogen) atoms. The van der Waals surface area contributed by atoms with E-state index in [9.17, 15) is 21.6 Å². The Kier molecular flexibility index (Phi) is 5.83. The van der Waals surface area contributed by atoms with Crippen molar-refractivity contribution in [2.45, 2.75) is 55.8 Å². The van der Waals surface area contributed by atoms with Gasteiger partial charge in [-0.3, -0.25) is 0 Å². The van der Waals surface area contributed by atoms with Crippen LogP contribution in [0.4, 0.5) is 13.2 Å². The van der Waals surface area contributed by atoms with Gasteiger partial charge in [0.15, 0.2) is 5.65 Å². The summed E-state index contributed by atoms with van der Waals surface area (Å²) in [7, 11) is -4.24. The lowest BCUT2D eigenvalue weighted by Gasteiger charge is -2.30. The minimum atomic E-state index is -4.74. The van der Waals surface area contributed by atoms with Crippen LogP contribution in [-0.2, 0) is 16.2 Å². The van der Waals surface area contributed by atoms with E-state index in [1.54, 1.807) is 31.8 Å². The van der Waals surface area contributed by atoms with Crippen molar-refractivity contribution in [3.05, 3.63) is 60.4 Å². The summed E-state index contributed by atoms with van der Waals surface area (Å²) in [4.78, 5) is 3.80. The summed E-state index contributed by atoms with van der Waals surface area (Å²) in [6.07, 6.45) is 2.73. The summed E-state index contributed by atoms with van der Waals surface area (Å²) in [5.41, 5.74) is 0.406. The Morgan fingerprint density at radius 2 is 1.86 bits per heavy atom. The lowest BCUT2D eigenvalue weighted by atomic mass is 9.91. The predicted octanol–water partition coefficient (Wildman–Crippen LogP) is 3.78. The molecule has 184 valence electrons. The minimum Gasteiger partial charge on any atom is -0.317 e. The molecule has 3 aromatic heterocycles. The van der Waals surface area contributed by atoms with Gasteiger partial charge in [-0.25, -0.2) is 22.6 Å². The van der Waals surface area contributed by atoms with Crippen LogP contribution in [0.15, 0.2) is 54.1 Å². The Morgan fingerprint density at radius 1 is 1.09 bits per heavy atom. The van der Waals surface area contributed by atoms with E-state index in [0.29, 0.717) is 30.2 Å². The van der Waals surface area contributed by atoms with Crippen molar-refractivity contribution >= 4 is 15.7 Å². The third-order valence-corrected chi connectivity index (χ3v) is 7.61. The van der Waals surface area contributed by atoms with Gasteiger partial charge in [0, 0.05) is 17.6 Å². The number of hydrogen-bond donors (Lipinski definition) is 1. The van der Waals surface area contributed by atoms with Gasteiger partial charge in [-0.15, -0.1) is 10.2 Å². The molecule has 0 bridgehead atoms. The topological polar surface area (TPSA) is 107 Å². The summed E-state index contributed by atoms with van der Waals surface area (Å²) in [6, 6.07) is 5.50. The molecule has 1 fully saturated rings. The number of halogens is 3. The smallest absolute Gasteiger partial charge is 0.317 e. The third kappa shape index (κ3) is 4.91. The Hall–Kier alpha value is -3.32. The molecule has 0 amide bonds. The molecular weight excluding hydrogens is 483 g/mol. The van der Waals surface area contributed by atoms with Crippen molar-refractivity contribution in [2.24, 2.45) is 0 Å². The molecule has 0 saturated heterocycles. The first-order chi connectivity index (χ1) is 16.6. The summed E-state index contributed by atoms with van der Waals surface area (Å²) in [6.45, 7) is 1.77. The van der Waals surface area contributed by atoms with Crippen molar-refractivity contribution in [3.63, 3.8) is 0 Å². The first-order valence-corrected chi connectivity index (χ1v) is 12.5. The molecule has 2 unspecified atom stereocenters. The third-order valence-electron chi connectivity index (χ3n) is 6.11. The van der Waals surface area contributed by atoms with Crippen molar-refractivity contribution in [1.29, 1.82) is 0 Å². The van der Waals surface area contributed by atoms with Gasteiger partial charge >= 0.3 is 6.18 Å². The summed E-state index contributed by atoms with van der Waals surface area (Å²) < 4.78 is 73.5. The summed E-state index contributed by atoms with van der Waals surface area (Å²) in [5.74, 6) is 0. The second-order valence-electron chi connectivity index (χ2n) is 8.70. The second kappa shape index (κ2) is 8.72. The van der Waals surface area contributed by atoms with Gasteiger partial charge < -0.3 is 4.57 Å². The van der Waals surface area contributed by atoms with Crippen LogP contribution < -0.4 is 4.72 Å². The summed E-state index contributed by atoms with van der Waals surface area (Å²) >= 11 is 0. The second-order valence-corrected chi connectivity index (χ2v) is 10.4. The molecule has 1 aliphatic carbocycles. The molecule has 4 aromatic rings. The van der Waals surface area contributed by atoms with Crippen LogP contribution in [0.25, 0.3) is 16.9 Å². The maximum Gasteiger partial charge on any atom is 0.416 e. The zero-order valence-corrected chi connectivity index (χ0v) is 19.5. The van der Waals surface area contributed by atoms with Gasteiger partial charge in [-0.05, 0) is 62.9 Å². The molecule has 9 nitrogen and oxygen atoms in total.